The maximum absolute atomic E-state index is 6.19. The second-order valence-corrected chi connectivity index (χ2v) is 4.99. The Labute approximate surface area is 103 Å². The van der Waals surface area contributed by atoms with Gasteiger partial charge in [-0.3, -0.25) is 0 Å². The monoisotopic (exact) mass is 232 g/mol. The second kappa shape index (κ2) is 4.67. The minimum Gasteiger partial charge on any atom is -0.381 e. The van der Waals surface area contributed by atoms with Gasteiger partial charge in [-0.25, -0.2) is 0 Å². The van der Waals surface area contributed by atoms with Gasteiger partial charge in [0.15, 0.2) is 0 Å². The van der Waals surface area contributed by atoms with Crippen LogP contribution in [-0.2, 0) is 4.74 Å². The van der Waals surface area contributed by atoms with Crippen molar-refractivity contribution in [2.75, 3.05) is 24.7 Å². The fourth-order valence-electron chi connectivity index (χ4n) is 2.99. The number of nitrogens with two attached hydrogens (primary N) is 1. The zero-order chi connectivity index (χ0) is 11.7. The van der Waals surface area contributed by atoms with E-state index in [-0.39, 0.29) is 6.04 Å². The highest BCUT2D eigenvalue weighted by molar-refractivity contribution is 5.57. The molecule has 2 aliphatic rings. The Morgan fingerprint density at radius 2 is 1.88 bits per heavy atom. The first-order valence-electron chi connectivity index (χ1n) is 6.55. The van der Waals surface area contributed by atoms with Crippen molar-refractivity contribution < 1.29 is 4.74 Å². The molecule has 1 unspecified atom stereocenters. The summed E-state index contributed by atoms with van der Waals surface area (Å²) in [7, 11) is 0. The quantitative estimate of drug-likeness (QED) is 0.805. The number of hydrogen-bond donors (Lipinski definition) is 1. The molecule has 1 atom stereocenters. The summed E-state index contributed by atoms with van der Waals surface area (Å²) in [4.78, 5) is 2.54. The molecule has 1 aromatic carbocycles. The molecule has 0 saturated carbocycles. The molecule has 0 bridgehead atoms. The summed E-state index contributed by atoms with van der Waals surface area (Å²) in [6, 6.07) is 9.43. The van der Waals surface area contributed by atoms with Gasteiger partial charge in [0.2, 0.25) is 0 Å². The normalized spacial score (nSPS) is 25.7. The standard InChI is InChI=1S/C14H20N2O/c15-13-5-8-16(11-6-9-17-10-7-11)14-4-2-1-3-12(13)14/h1-4,11,13H,5-10,15H2. The molecule has 1 saturated heterocycles. The summed E-state index contributed by atoms with van der Waals surface area (Å²) >= 11 is 0. The van der Waals surface area contributed by atoms with Gasteiger partial charge >= 0.3 is 0 Å². The smallest absolute Gasteiger partial charge is 0.0485 e. The van der Waals surface area contributed by atoms with Crippen LogP contribution in [0.3, 0.4) is 0 Å². The number of rotatable bonds is 1. The molecule has 92 valence electrons. The van der Waals surface area contributed by atoms with E-state index in [2.05, 4.69) is 29.2 Å². The SMILES string of the molecule is NC1CCN(C2CCOCC2)c2ccccc21. The molecular weight excluding hydrogens is 212 g/mol. The average Bonchev–Trinajstić information content (AvgIpc) is 2.41. The third kappa shape index (κ3) is 2.05. The molecule has 3 nitrogen and oxygen atoms in total. The Bertz CT molecular complexity index is 388. The van der Waals surface area contributed by atoms with Crippen molar-refractivity contribution in [3.05, 3.63) is 29.8 Å². The van der Waals surface area contributed by atoms with Crippen LogP contribution in [0.5, 0.6) is 0 Å². The van der Waals surface area contributed by atoms with Gasteiger partial charge in [0.1, 0.15) is 0 Å². The maximum Gasteiger partial charge on any atom is 0.0485 e. The summed E-state index contributed by atoms with van der Waals surface area (Å²) in [5, 5.41) is 0. The van der Waals surface area contributed by atoms with Crippen LogP contribution in [0.1, 0.15) is 30.9 Å². The summed E-state index contributed by atoms with van der Waals surface area (Å²) in [5.74, 6) is 0. The number of para-hydroxylation sites is 1. The number of anilines is 1. The Hall–Kier alpha value is -1.06. The third-order valence-electron chi connectivity index (χ3n) is 3.96. The highest BCUT2D eigenvalue weighted by atomic mass is 16.5. The van der Waals surface area contributed by atoms with Crippen LogP contribution in [-0.4, -0.2) is 25.8 Å². The van der Waals surface area contributed by atoms with Crippen LogP contribution in [0, 0.1) is 0 Å². The van der Waals surface area contributed by atoms with E-state index >= 15 is 0 Å². The number of nitrogens with zero attached hydrogens (tertiary/aromatic N) is 1. The van der Waals surface area contributed by atoms with Crippen LogP contribution >= 0.6 is 0 Å². The van der Waals surface area contributed by atoms with Crippen LogP contribution in [0.4, 0.5) is 5.69 Å². The van der Waals surface area contributed by atoms with Gasteiger partial charge in [-0.1, -0.05) is 18.2 Å². The molecule has 0 aliphatic carbocycles. The largest absolute Gasteiger partial charge is 0.381 e. The summed E-state index contributed by atoms with van der Waals surface area (Å²) in [6.07, 6.45) is 3.35. The molecular formula is C14H20N2O. The number of fused-ring (bicyclic) bond motifs is 1. The lowest BCUT2D eigenvalue weighted by atomic mass is 9.94. The number of benzene rings is 1. The van der Waals surface area contributed by atoms with E-state index in [1.807, 2.05) is 0 Å². The van der Waals surface area contributed by atoms with Crippen LogP contribution in [0.2, 0.25) is 0 Å². The fourth-order valence-corrected chi connectivity index (χ4v) is 2.99. The lowest BCUT2D eigenvalue weighted by Gasteiger charge is -2.41. The molecule has 0 radical (unpaired) electrons. The minimum atomic E-state index is 0.210. The highest BCUT2D eigenvalue weighted by Gasteiger charge is 2.28. The molecule has 3 rings (SSSR count). The third-order valence-corrected chi connectivity index (χ3v) is 3.96. The van der Waals surface area contributed by atoms with Crippen molar-refractivity contribution in [1.82, 2.24) is 0 Å². The van der Waals surface area contributed by atoms with Gasteiger partial charge in [0.05, 0.1) is 0 Å². The predicted molar refractivity (Wildman–Crippen MR) is 69.2 cm³/mol. The van der Waals surface area contributed by atoms with Crippen molar-refractivity contribution >= 4 is 5.69 Å². The molecule has 3 heteroatoms. The van der Waals surface area contributed by atoms with E-state index in [1.54, 1.807) is 0 Å². The van der Waals surface area contributed by atoms with Gasteiger partial charge in [-0.2, -0.15) is 0 Å². The van der Waals surface area contributed by atoms with E-state index in [4.69, 9.17) is 10.5 Å². The lowest BCUT2D eigenvalue weighted by molar-refractivity contribution is 0.0839. The van der Waals surface area contributed by atoms with Crippen molar-refractivity contribution in [3.63, 3.8) is 0 Å². The average molecular weight is 232 g/mol. The first-order valence-corrected chi connectivity index (χ1v) is 6.55. The lowest BCUT2D eigenvalue weighted by Crippen LogP contribution is -2.44. The van der Waals surface area contributed by atoms with Crippen molar-refractivity contribution in [2.24, 2.45) is 5.73 Å². The molecule has 0 aromatic heterocycles. The zero-order valence-corrected chi connectivity index (χ0v) is 10.1. The van der Waals surface area contributed by atoms with Crippen molar-refractivity contribution in [2.45, 2.75) is 31.3 Å². The first-order chi connectivity index (χ1) is 8.36. The van der Waals surface area contributed by atoms with E-state index < -0.39 is 0 Å². The van der Waals surface area contributed by atoms with Gasteiger partial charge in [0, 0.05) is 37.5 Å². The Kier molecular flexibility index (Phi) is 3.04. The van der Waals surface area contributed by atoms with Gasteiger partial charge < -0.3 is 15.4 Å². The molecule has 2 N–H and O–H groups in total. The first kappa shape index (κ1) is 11.1. The molecule has 0 amide bonds. The Morgan fingerprint density at radius 3 is 2.71 bits per heavy atom. The maximum atomic E-state index is 6.19. The van der Waals surface area contributed by atoms with Crippen LogP contribution in [0.25, 0.3) is 0 Å². The molecule has 1 aromatic rings. The second-order valence-electron chi connectivity index (χ2n) is 4.99. The topological polar surface area (TPSA) is 38.5 Å². The molecule has 0 spiro atoms. The molecule has 2 heterocycles. The summed E-state index contributed by atoms with van der Waals surface area (Å²) in [6.45, 7) is 2.88. The van der Waals surface area contributed by atoms with Crippen molar-refractivity contribution in [1.29, 1.82) is 0 Å². The van der Waals surface area contributed by atoms with E-state index in [9.17, 15) is 0 Å². The number of hydrogen-bond acceptors (Lipinski definition) is 3. The van der Waals surface area contributed by atoms with Gasteiger partial charge in [-0.05, 0) is 30.9 Å². The Balaban J connectivity index is 1.89. The van der Waals surface area contributed by atoms with Gasteiger partial charge in [0.25, 0.3) is 0 Å². The van der Waals surface area contributed by atoms with Gasteiger partial charge in [-0.15, -0.1) is 0 Å². The minimum absolute atomic E-state index is 0.210. The van der Waals surface area contributed by atoms with E-state index in [1.165, 1.54) is 11.3 Å². The van der Waals surface area contributed by atoms with E-state index in [0.29, 0.717) is 6.04 Å². The van der Waals surface area contributed by atoms with Crippen molar-refractivity contribution in [3.8, 4) is 0 Å². The zero-order valence-electron chi connectivity index (χ0n) is 10.1. The highest BCUT2D eigenvalue weighted by Crippen LogP contribution is 2.35. The van der Waals surface area contributed by atoms with E-state index in [0.717, 1.165) is 39.0 Å². The fraction of sp³-hybridized carbons (Fsp3) is 0.571. The summed E-state index contributed by atoms with van der Waals surface area (Å²) < 4.78 is 5.45. The summed E-state index contributed by atoms with van der Waals surface area (Å²) in [5.41, 5.74) is 8.84. The van der Waals surface area contributed by atoms with Crippen LogP contribution < -0.4 is 10.6 Å². The van der Waals surface area contributed by atoms with Crippen LogP contribution in [0.15, 0.2) is 24.3 Å². The predicted octanol–water partition coefficient (Wildman–Crippen LogP) is 2.08. The molecule has 1 fully saturated rings. The Morgan fingerprint density at radius 1 is 1.12 bits per heavy atom. The molecule has 17 heavy (non-hydrogen) atoms. The number of ether oxygens (including phenoxy) is 1. The molecule has 2 aliphatic heterocycles.